The standard InChI is InChI=1S/C16H15F4N/c1-2-21-15(7-10-4-3-5-12(17)6-10)11-8-13(18)16(20)14(19)9-11/h3-6,8-9,15,21H,2,7H2,1H3. The van der Waals surface area contributed by atoms with E-state index in [4.69, 9.17) is 0 Å². The molecule has 1 unspecified atom stereocenters. The second-order valence-electron chi connectivity index (χ2n) is 4.74. The number of likely N-dealkylation sites (N-methyl/N-ethyl adjacent to an activating group) is 1. The summed E-state index contributed by atoms with van der Waals surface area (Å²) in [4.78, 5) is 0. The van der Waals surface area contributed by atoms with Gasteiger partial charge in [0.25, 0.3) is 0 Å². The molecule has 0 aliphatic heterocycles. The van der Waals surface area contributed by atoms with Crippen LogP contribution in [0.3, 0.4) is 0 Å². The van der Waals surface area contributed by atoms with Crippen LogP contribution in [0.15, 0.2) is 36.4 Å². The van der Waals surface area contributed by atoms with E-state index in [1.54, 1.807) is 12.1 Å². The molecule has 0 amide bonds. The Morgan fingerprint density at radius 2 is 1.67 bits per heavy atom. The first-order valence-electron chi connectivity index (χ1n) is 6.63. The van der Waals surface area contributed by atoms with Gasteiger partial charge in [-0.2, -0.15) is 0 Å². The Hall–Kier alpha value is -1.88. The van der Waals surface area contributed by atoms with Crippen LogP contribution in [0, 0.1) is 23.3 Å². The van der Waals surface area contributed by atoms with Crippen LogP contribution in [0.5, 0.6) is 0 Å². The van der Waals surface area contributed by atoms with Crippen LogP contribution in [0.1, 0.15) is 24.1 Å². The van der Waals surface area contributed by atoms with Crippen molar-refractivity contribution in [3.05, 3.63) is 70.8 Å². The van der Waals surface area contributed by atoms with E-state index < -0.39 is 23.5 Å². The van der Waals surface area contributed by atoms with Gasteiger partial charge in [0.05, 0.1) is 0 Å². The molecule has 2 aromatic carbocycles. The van der Waals surface area contributed by atoms with Crippen LogP contribution in [0.25, 0.3) is 0 Å². The van der Waals surface area contributed by atoms with Crippen molar-refractivity contribution in [1.82, 2.24) is 5.32 Å². The Bertz CT molecular complexity index is 604. The van der Waals surface area contributed by atoms with Gasteiger partial charge >= 0.3 is 0 Å². The van der Waals surface area contributed by atoms with Gasteiger partial charge in [0.15, 0.2) is 17.5 Å². The van der Waals surface area contributed by atoms with E-state index in [1.165, 1.54) is 12.1 Å². The quantitative estimate of drug-likeness (QED) is 0.646. The maximum atomic E-state index is 13.3. The van der Waals surface area contributed by atoms with E-state index in [1.807, 2.05) is 6.92 Å². The Morgan fingerprint density at radius 1 is 1.00 bits per heavy atom. The highest BCUT2D eigenvalue weighted by Gasteiger charge is 2.17. The van der Waals surface area contributed by atoms with Crippen molar-refractivity contribution in [3.8, 4) is 0 Å². The van der Waals surface area contributed by atoms with Gasteiger partial charge in [-0.05, 0) is 48.4 Å². The molecule has 0 radical (unpaired) electrons. The van der Waals surface area contributed by atoms with Crippen molar-refractivity contribution in [2.75, 3.05) is 6.54 Å². The zero-order chi connectivity index (χ0) is 15.4. The molecule has 0 aliphatic carbocycles. The lowest BCUT2D eigenvalue weighted by molar-refractivity contribution is 0.439. The molecule has 0 heterocycles. The van der Waals surface area contributed by atoms with E-state index in [0.717, 1.165) is 12.1 Å². The summed E-state index contributed by atoms with van der Waals surface area (Å²) < 4.78 is 52.9. The van der Waals surface area contributed by atoms with Crippen molar-refractivity contribution in [1.29, 1.82) is 0 Å². The second-order valence-corrected chi connectivity index (χ2v) is 4.74. The predicted molar refractivity (Wildman–Crippen MR) is 72.8 cm³/mol. The lowest BCUT2D eigenvalue weighted by Gasteiger charge is -2.19. The first-order chi connectivity index (χ1) is 10.0. The molecule has 1 nitrogen and oxygen atoms in total. The molecule has 0 aliphatic rings. The van der Waals surface area contributed by atoms with Gasteiger partial charge < -0.3 is 5.32 Å². The highest BCUT2D eigenvalue weighted by molar-refractivity contribution is 5.26. The Morgan fingerprint density at radius 3 is 2.24 bits per heavy atom. The third-order valence-electron chi connectivity index (χ3n) is 3.19. The molecular weight excluding hydrogens is 282 g/mol. The lowest BCUT2D eigenvalue weighted by atomic mass is 9.98. The average molecular weight is 297 g/mol. The molecule has 2 rings (SSSR count). The Balaban J connectivity index is 2.30. The van der Waals surface area contributed by atoms with Crippen molar-refractivity contribution in [2.24, 2.45) is 0 Å². The van der Waals surface area contributed by atoms with Gasteiger partial charge in [-0.25, -0.2) is 17.6 Å². The summed E-state index contributed by atoms with van der Waals surface area (Å²) in [5.41, 5.74) is 0.976. The van der Waals surface area contributed by atoms with Crippen molar-refractivity contribution >= 4 is 0 Å². The van der Waals surface area contributed by atoms with Gasteiger partial charge in [-0.15, -0.1) is 0 Å². The number of benzene rings is 2. The fourth-order valence-corrected chi connectivity index (χ4v) is 2.23. The van der Waals surface area contributed by atoms with Gasteiger partial charge in [0, 0.05) is 6.04 Å². The first-order valence-corrected chi connectivity index (χ1v) is 6.63. The fourth-order valence-electron chi connectivity index (χ4n) is 2.23. The largest absolute Gasteiger partial charge is 0.310 e. The average Bonchev–Trinajstić information content (AvgIpc) is 2.44. The van der Waals surface area contributed by atoms with Gasteiger partial charge in [0.1, 0.15) is 5.82 Å². The van der Waals surface area contributed by atoms with E-state index in [9.17, 15) is 17.6 Å². The summed E-state index contributed by atoms with van der Waals surface area (Å²) in [7, 11) is 0. The van der Waals surface area contributed by atoms with Gasteiger partial charge in [0.2, 0.25) is 0 Å². The van der Waals surface area contributed by atoms with Gasteiger partial charge in [-0.3, -0.25) is 0 Å². The van der Waals surface area contributed by atoms with Gasteiger partial charge in [-0.1, -0.05) is 19.1 Å². The Labute approximate surface area is 120 Å². The molecule has 5 heteroatoms. The highest BCUT2D eigenvalue weighted by atomic mass is 19.2. The molecule has 1 N–H and O–H groups in total. The zero-order valence-corrected chi connectivity index (χ0v) is 11.5. The summed E-state index contributed by atoms with van der Waals surface area (Å²) in [6.07, 6.45) is 0.343. The van der Waals surface area contributed by atoms with E-state index in [0.29, 0.717) is 18.5 Å². The summed E-state index contributed by atoms with van der Waals surface area (Å²) in [6.45, 7) is 2.40. The minimum absolute atomic E-state index is 0.289. The smallest absolute Gasteiger partial charge is 0.194 e. The second kappa shape index (κ2) is 6.72. The molecule has 21 heavy (non-hydrogen) atoms. The molecule has 1 atom stereocenters. The first kappa shape index (κ1) is 15.5. The minimum atomic E-state index is -1.49. The topological polar surface area (TPSA) is 12.0 Å². The third-order valence-corrected chi connectivity index (χ3v) is 3.19. The zero-order valence-electron chi connectivity index (χ0n) is 11.5. The summed E-state index contributed by atoms with van der Waals surface area (Å²) >= 11 is 0. The Kier molecular flexibility index (Phi) is 4.96. The molecule has 112 valence electrons. The summed E-state index contributed by atoms with van der Waals surface area (Å²) in [5, 5.41) is 3.06. The molecule has 0 spiro atoms. The number of hydrogen-bond acceptors (Lipinski definition) is 1. The number of rotatable bonds is 5. The fraction of sp³-hybridized carbons (Fsp3) is 0.250. The van der Waals surface area contributed by atoms with Crippen LogP contribution in [-0.4, -0.2) is 6.54 Å². The van der Waals surface area contributed by atoms with Crippen molar-refractivity contribution in [2.45, 2.75) is 19.4 Å². The number of nitrogens with one attached hydrogen (secondary N) is 1. The maximum Gasteiger partial charge on any atom is 0.194 e. The van der Waals surface area contributed by atoms with Crippen LogP contribution in [-0.2, 0) is 6.42 Å². The molecule has 0 aromatic heterocycles. The molecule has 0 fully saturated rings. The minimum Gasteiger partial charge on any atom is -0.310 e. The summed E-state index contributed by atoms with van der Waals surface area (Å²) in [5.74, 6) is -4.32. The third kappa shape index (κ3) is 3.82. The summed E-state index contributed by atoms with van der Waals surface area (Å²) in [6, 6.07) is 7.48. The van der Waals surface area contributed by atoms with Crippen LogP contribution in [0.4, 0.5) is 17.6 Å². The van der Waals surface area contributed by atoms with E-state index >= 15 is 0 Å². The normalized spacial score (nSPS) is 12.4. The van der Waals surface area contributed by atoms with Crippen LogP contribution < -0.4 is 5.32 Å². The van der Waals surface area contributed by atoms with E-state index in [-0.39, 0.29) is 11.4 Å². The number of halogens is 4. The van der Waals surface area contributed by atoms with Crippen molar-refractivity contribution in [3.63, 3.8) is 0 Å². The van der Waals surface area contributed by atoms with E-state index in [2.05, 4.69) is 5.32 Å². The maximum absolute atomic E-state index is 13.3. The highest BCUT2D eigenvalue weighted by Crippen LogP contribution is 2.23. The monoisotopic (exact) mass is 297 g/mol. The lowest BCUT2D eigenvalue weighted by Crippen LogP contribution is -2.23. The molecule has 0 saturated heterocycles. The molecular formula is C16H15F4N. The predicted octanol–water partition coefficient (Wildman–Crippen LogP) is 4.14. The molecule has 0 saturated carbocycles. The molecule has 2 aromatic rings. The SMILES string of the molecule is CCNC(Cc1cccc(F)c1)c1cc(F)c(F)c(F)c1. The number of hydrogen-bond donors (Lipinski definition) is 1. The van der Waals surface area contributed by atoms with Crippen LogP contribution >= 0.6 is 0 Å². The van der Waals surface area contributed by atoms with Crippen molar-refractivity contribution < 1.29 is 17.6 Å². The van der Waals surface area contributed by atoms with Crippen LogP contribution in [0.2, 0.25) is 0 Å². The molecule has 0 bridgehead atoms.